The van der Waals surface area contributed by atoms with Crippen LogP contribution in [-0.2, 0) is 6.18 Å². The Morgan fingerprint density at radius 2 is 1.90 bits per heavy atom. The monoisotopic (exact) mass is 413 g/mol. The minimum atomic E-state index is -4.70. The van der Waals surface area contributed by atoms with Crippen LogP contribution >= 0.6 is 0 Å². The molecule has 152 valence electrons. The van der Waals surface area contributed by atoms with Crippen molar-refractivity contribution in [2.75, 3.05) is 12.4 Å². The number of halogens is 3. The molecule has 1 N–H and O–H groups in total. The summed E-state index contributed by atoms with van der Waals surface area (Å²) in [5, 5.41) is 6.32. The van der Waals surface area contributed by atoms with Gasteiger partial charge < -0.3 is 10.1 Å². The molecule has 0 radical (unpaired) electrons. The van der Waals surface area contributed by atoms with Crippen molar-refractivity contribution in [2.24, 2.45) is 0 Å². The number of carbonyl (C=O) groups is 1. The maximum absolute atomic E-state index is 13.7. The molecule has 0 saturated heterocycles. The van der Waals surface area contributed by atoms with Crippen LogP contribution in [0.3, 0.4) is 0 Å². The zero-order valence-electron chi connectivity index (χ0n) is 15.5. The average Bonchev–Trinajstić information content (AvgIpc) is 3.17. The highest BCUT2D eigenvalue weighted by atomic mass is 19.4. The first-order valence-electron chi connectivity index (χ1n) is 8.68. The molecular formula is C20H14F3N5O2. The fourth-order valence-electron chi connectivity index (χ4n) is 2.87. The van der Waals surface area contributed by atoms with Crippen LogP contribution in [0.4, 0.5) is 18.9 Å². The molecule has 0 spiro atoms. The Morgan fingerprint density at radius 1 is 1.13 bits per heavy atom. The zero-order chi connectivity index (χ0) is 21.3. The van der Waals surface area contributed by atoms with Gasteiger partial charge in [0.05, 0.1) is 30.9 Å². The second kappa shape index (κ2) is 7.47. The number of pyridine rings is 1. The lowest BCUT2D eigenvalue weighted by Crippen LogP contribution is -2.15. The van der Waals surface area contributed by atoms with E-state index in [0.29, 0.717) is 21.5 Å². The summed E-state index contributed by atoms with van der Waals surface area (Å²) in [6, 6.07) is 10.5. The van der Waals surface area contributed by atoms with E-state index in [9.17, 15) is 18.0 Å². The lowest BCUT2D eigenvalue weighted by atomic mass is 10.1. The first-order valence-corrected chi connectivity index (χ1v) is 8.68. The van der Waals surface area contributed by atoms with Gasteiger partial charge in [0.25, 0.3) is 5.91 Å². The van der Waals surface area contributed by atoms with Gasteiger partial charge in [0.2, 0.25) is 0 Å². The standard InChI is InChI=1S/C20H14F3N5O2/c1-30-14-6-4-12(5-7-14)16-9-17(20(21,22)23)28-18(27-16)15(11-25-28)19(29)26-13-3-2-8-24-10-13/h2-11H,1H3,(H,26,29). The lowest BCUT2D eigenvalue weighted by molar-refractivity contribution is -0.142. The Kier molecular flexibility index (Phi) is 4.82. The number of fused-ring (bicyclic) bond motifs is 1. The first-order chi connectivity index (χ1) is 14.4. The number of nitrogens with one attached hydrogen (secondary N) is 1. The van der Waals surface area contributed by atoms with Crippen LogP contribution in [0.1, 0.15) is 16.1 Å². The predicted molar refractivity (Wildman–Crippen MR) is 102 cm³/mol. The Bertz CT molecular complexity index is 1210. The summed E-state index contributed by atoms with van der Waals surface area (Å²) in [6.45, 7) is 0. The van der Waals surface area contributed by atoms with Crippen LogP contribution in [0.25, 0.3) is 16.9 Å². The van der Waals surface area contributed by atoms with Crippen molar-refractivity contribution >= 4 is 17.2 Å². The molecule has 1 amide bonds. The third kappa shape index (κ3) is 3.66. The van der Waals surface area contributed by atoms with Gasteiger partial charge in [0, 0.05) is 11.8 Å². The molecular weight excluding hydrogens is 399 g/mol. The second-order valence-electron chi connectivity index (χ2n) is 6.24. The van der Waals surface area contributed by atoms with Crippen molar-refractivity contribution in [2.45, 2.75) is 6.18 Å². The van der Waals surface area contributed by atoms with Crippen LogP contribution in [-0.4, -0.2) is 32.6 Å². The molecule has 0 fully saturated rings. The molecule has 7 nitrogen and oxygen atoms in total. The van der Waals surface area contributed by atoms with Gasteiger partial charge in [-0.25, -0.2) is 9.50 Å². The molecule has 3 aromatic heterocycles. The summed E-state index contributed by atoms with van der Waals surface area (Å²) < 4.78 is 46.7. The molecule has 3 heterocycles. The van der Waals surface area contributed by atoms with Gasteiger partial charge in [0.15, 0.2) is 11.3 Å². The summed E-state index contributed by atoms with van der Waals surface area (Å²) >= 11 is 0. The number of methoxy groups -OCH3 is 1. The van der Waals surface area contributed by atoms with E-state index in [1.807, 2.05) is 0 Å². The van der Waals surface area contributed by atoms with Crippen molar-refractivity contribution in [3.63, 3.8) is 0 Å². The van der Waals surface area contributed by atoms with E-state index in [1.165, 1.54) is 19.5 Å². The van der Waals surface area contributed by atoms with Gasteiger partial charge in [-0.05, 0) is 42.5 Å². The molecule has 0 unspecified atom stereocenters. The number of rotatable bonds is 4. The Labute approximate surface area is 168 Å². The Hall–Kier alpha value is -3.95. The highest BCUT2D eigenvalue weighted by Gasteiger charge is 2.36. The average molecular weight is 413 g/mol. The van der Waals surface area contributed by atoms with Crippen molar-refractivity contribution in [3.05, 3.63) is 72.3 Å². The van der Waals surface area contributed by atoms with Crippen molar-refractivity contribution in [3.8, 4) is 17.0 Å². The molecule has 0 saturated carbocycles. The fraction of sp³-hybridized carbons (Fsp3) is 0.100. The lowest BCUT2D eigenvalue weighted by Gasteiger charge is -2.12. The van der Waals surface area contributed by atoms with E-state index in [4.69, 9.17) is 4.74 Å². The van der Waals surface area contributed by atoms with Gasteiger partial charge in [-0.15, -0.1) is 0 Å². The Morgan fingerprint density at radius 3 is 2.53 bits per heavy atom. The number of ether oxygens (including phenoxy) is 1. The predicted octanol–water partition coefficient (Wildman–Crippen LogP) is 4.07. The number of alkyl halides is 3. The molecule has 0 aliphatic heterocycles. The van der Waals surface area contributed by atoms with E-state index in [-0.39, 0.29) is 16.9 Å². The SMILES string of the molecule is COc1ccc(-c2cc(C(F)(F)F)n3ncc(C(=O)Nc4cccnc4)c3n2)cc1. The summed E-state index contributed by atoms with van der Waals surface area (Å²) in [6.07, 6.45) is -0.698. The number of carbonyl (C=O) groups excluding carboxylic acids is 1. The highest BCUT2D eigenvalue weighted by Crippen LogP contribution is 2.33. The van der Waals surface area contributed by atoms with Crippen LogP contribution < -0.4 is 10.1 Å². The van der Waals surface area contributed by atoms with E-state index >= 15 is 0 Å². The maximum atomic E-state index is 13.7. The van der Waals surface area contributed by atoms with Crippen molar-refractivity contribution in [1.29, 1.82) is 0 Å². The number of hydrogen-bond acceptors (Lipinski definition) is 5. The molecule has 0 bridgehead atoms. The smallest absolute Gasteiger partial charge is 0.433 e. The summed E-state index contributed by atoms with van der Waals surface area (Å²) in [4.78, 5) is 20.8. The zero-order valence-corrected chi connectivity index (χ0v) is 15.5. The van der Waals surface area contributed by atoms with E-state index in [0.717, 1.165) is 12.3 Å². The van der Waals surface area contributed by atoms with Crippen LogP contribution in [0.15, 0.2) is 61.1 Å². The number of benzene rings is 1. The minimum absolute atomic E-state index is 0.0494. The number of amides is 1. The highest BCUT2D eigenvalue weighted by molar-refractivity contribution is 6.08. The molecule has 0 aliphatic carbocycles. The number of hydrogen-bond donors (Lipinski definition) is 1. The molecule has 0 aliphatic rings. The quantitative estimate of drug-likeness (QED) is 0.546. The van der Waals surface area contributed by atoms with Crippen molar-refractivity contribution in [1.82, 2.24) is 19.6 Å². The number of anilines is 1. The van der Waals surface area contributed by atoms with Crippen LogP contribution in [0.2, 0.25) is 0 Å². The molecule has 0 atom stereocenters. The minimum Gasteiger partial charge on any atom is -0.497 e. The summed E-state index contributed by atoms with van der Waals surface area (Å²) in [5.41, 5.74) is -0.475. The molecule has 10 heteroatoms. The Balaban J connectivity index is 1.84. The van der Waals surface area contributed by atoms with E-state index in [2.05, 4.69) is 20.4 Å². The third-order valence-electron chi connectivity index (χ3n) is 4.31. The topological polar surface area (TPSA) is 81.4 Å². The van der Waals surface area contributed by atoms with Gasteiger partial charge in [-0.3, -0.25) is 9.78 Å². The molecule has 1 aromatic carbocycles. The largest absolute Gasteiger partial charge is 0.497 e. The van der Waals surface area contributed by atoms with Gasteiger partial charge in [0.1, 0.15) is 11.3 Å². The molecule has 30 heavy (non-hydrogen) atoms. The maximum Gasteiger partial charge on any atom is 0.433 e. The van der Waals surface area contributed by atoms with Crippen LogP contribution in [0, 0.1) is 0 Å². The van der Waals surface area contributed by atoms with E-state index in [1.54, 1.807) is 36.4 Å². The normalized spacial score (nSPS) is 11.5. The van der Waals surface area contributed by atoms with Crippen molar-refractivity contribution < 1.29 is 22.7 Å². The number of aromatic nitrogens is 4. The fourth-order valence-corrected chi connectivity index (χ4v) is 2.87. The summed E-state index contributed by atoms with van der Waals surface area (Å²) in [7, 11) is 1.49. The first kappa shape index (κ1) is 19.4. The number of nitrogens with zero attached hydrogens (tertiary/aromatic N) is 4. The molecule has 4 aromatic rings. The summed E-state index contributed by atoms with van der Waals surface area (Å²) in [5.74, 6) is -0.0951. The van der Waals surface area contributed by atoms with E-state index < -0.39 is 17.8 Å². The second-order valence-corrected chi connectivity index (χ2v) is 6.24. The van der Waals surface area contributed by atoms with Gasteiger partial charge >= 0.3 is 6.18 Å². The third-order valence-corrected chi connectivity index (χ3v) is 4.31. The van der Waals surface area contributed by atoms with Gasteiger partial charge in [-0.2, -0.15) is 18.3 Å². The molecule has 4 rings (SSSR count). The van der Waals surface area contributed by atoms with Gasteiger partial charge in [-0.1, -0.05) is 0 Å². The van der Waals surface area contributed by atoms with Crippen LogP contribution in [0.5, 0.6) is 5.75 Å².